The molecule has 1 aromatic carbocycles. The quantitative estimate of drug-likeness (QED) is 0.417. The van der Waals surface area contributed by atoms with Gasteiger partial charge in [-0.1, -0.05) is 23.7 Å². The topological polar surface area (TPSA) is 104 Å². The van der Waals surface area contributed by atoms with Crippen molar-refractivity contribution in [3.8, 4) is 0 Å². The van der Waals surface area contributed by atoms with Crippen molar-refractivity contribution >= 4 is 46.6 Å². The van der Waals surface area contributed by atoms with Crippen molar-refractivity contribution in [1.29, 1.82) is 0 Å². The van der Waals surface area contributed by atoms with Crippen LogP contribution in [0.3, 0.4) is 0 Å². The number of pyridine rings is 1. The van der Waals surface area contributed by atoms with Gasteiger partial charge in [-0.2, -0.15) is 4.98 Å². The van der Waals surface area contributed by atoms with Crippen molar-refractivity contribution in [1.82, 2.24) is 20.3 Å². The first-order valence-corrected chi connectivity index (χ1v) is 9.17. The molecule has 0 unspecified atom stereocenters. The van der Waals surface area contributed by atoms with Crippen molar-refractivity contribution in [2.24, 2.45) is 0 Å². The summed E-state index contributed by atoms with van der Waals surface area (Å²) in [4.78, 5) is 25.6. The first-order chi connectivity index (χ1) is 14.1. The predicted octanol–water partition coefficient (Wildman–Crippen LogP) is 3.97. The predicted molar refractivity (Wildman–Crippen MR) is 116 cm³/mol. The molecule has 3 aromatic rings. The minimum absolute atomic E-state index is 0.283. The molecule has 8 nitrogen and oxygen atoms in total. The SMILES string of the molecule is C=CCNC(=O)c1cnc(Nc2ccc(Cl)cc2)nc1Nc1cccc(NC)n1. The second kappa shape index (κ2) is 9.52. The summed E-state index contributed by atoms with van der Waals surface area (Å²) in [6.07, 6.45) is 3.05. The van der Waals surface area contributed by atoms with Crippen molar-refractivity contribution in [2.45, 2.75) is 0 Å². The number of halogens is 1. The number of hydrogen-bond donors (Lipinski definition) is 4. The molecule has 2 aromatic heterocycles. The molecule has 0 aliphatic rings. The zero-order valence-corrected chi connectivity index (χ0v) is 16.5. The van der Waals surface area contributed by atoms with Gasteiger partial charge in [-0.15, -0.1) is 6.58 Å². The van der Waals surface area contributed by atoms with E-state index >= 15 is 0 Å². The Morgan fingerprint density at radius 2 is 1.86 bits per heavy atom. The van der Waals surface area contributed by atoms with Crippen LogP contribution in [-0.2, 0) is 0 Å². The van der Waals surface area contributed by atoms with E-state index in [9.17, 15) is 4.79 Å². The highest BCUT2D eigenvalue weighted by molar-refractivity contribution is 6.30. The highest BCUT2D eigenvalue weighted by Crippen LogP contribution is 2.22. The molecule has 0 spiro atoms. The van der Waals surface area contributed by atoms with E-state index in [0.29, 0.717) is 35.0 Å². The standard InChI is InChI=1S/C20H20ClN7O/c1-3-11-23-19(29)15-12-24-20(25-14-9-7-13(21)8-10-14)28-18(15)27-17-6-4-5-16(22-2)26-17/h3-10,12H,1,11H2,2H3,(H,23,29)(H3,22,24,25,26,27,28). The van der Waals surface area contributed by atoms with Crippen molar-refractivity contribution in [2.75, 3.05) is 29.5 Å². The van der Waals surface area contributed by atoms with Gasteiger partial charge in [-0.05, 0) is 36.4 Å². The summed E-state index contributed by atoms with van der Waals surface area (Å²) >= 11 is 5.92. The second-order valence-corrected chi connectivity index (χ2v) is 6.31. The molecule has 29 heavy (non-hydrogen) atoms. The molecular weight excluding hydrogens is 390 g/mol. The van der Waals surface area contributed by atoms with Gasteiger partial charge in [0.2, 0.25) is 5.95 Å². The minimum Gasteiger partial charge on any atom is -0.373 e. The van der Waals surface area contributed by atoms with Crippen LogP contribution in [0.1, 0.15) is 10.4 Å². The van der Waals surface area contributed by atoms with Crippen LogP contribution in [0.5, 0.6) is 0 Å². The van der Waals surface area contributed by atoms with Crippen LogP contribution in [0, 0.1) is 0 Å². The maximum absolute atomic E-state index is 12.5. The van der Waals surface area contributed by atoms with Crippen LogP contribution in [-0.4, -0.2) is 34.5 Å². The summed E-state index contributed by atoms with van der Waals surface area (Å²) in [5, 5.41) is 12.5. The largest absolute Gasteiger partial charge is 0.373 e. The van der Waals surface area contributed by atoms with Crippen molar-refractivity contribution < 1.29 is 4.79 Å². The fourth-order valence-electron chi connectivity index (χ4n) is 2.39. The summed E-state index contributed by atoms with van der Waals surface area (Å²) in [6, 6.07) is 12.6. The number of benzene rings is 1. The maximum Gasteiger partial charge on any atom is 0.256 e. The Balaban J connectivity index is 1.92. The van der Waals surface area contributed by atoms with E-state index < -0.39 is 0 Å². The van der Waals surface area contributed by atoms with Crippen LogP contribution in [0.2, 0.25) is 5.02 Å². The van der Waals surface area contributed by atoms with E-state index in [1.165, 1.54) is 6.20 Å². The number of nitrogens with one attached hydrogen (secondary N) is 4. The van der Waals surface area contributed by atoms with Gasteiger partial charge in [0.25, 0.3) is 5.91 Å². The molecule has 0 radical (unpaired) electrons. The lowest BCUT2D eigenvalue weighted by Crippen LogP contribution is -2.25. The number of amides is 1. The van der Waals surface area contributed by atoms with E-state index in [0.717, 1.165) is 5.69 Å². The van der Waals surface area contributed by atoms with Gasteiger partial charge in [0, 0.05) is 30.5 Å². The zero-order valence-electron chi connectivity index (χ0n) is 15.7. The first-order valence-electron chi connectivity index (χ1n) is 8.79. The fourth-order valence-corrected chi connectivity index (χ4v) is 2.52. The third-order valence-electron chi connectivity index (χ3n) is 3.79. The van der Waals surface area contributed by atoms with Gasteiger partial charge in [0.1, 0.15) is 23.0 Å². The van der Waals surface area contributed by atoms with E-state index in [4.69, 9.17) is 11.6 Å². The third-order valence-corrected chi connectivity index (χ3v) is 4.04. The Bertz CT molecular complexity index is 1010. The Morgan fingerprint density at radius 3 is 2.59 bits per heavy atom. The van der Waals surface area contributed by atoms with Crippen LogP contribution < -0.4 is 21.3 Å². The van der Waals surface area contributed by atoms with Gasteiger partial charge >= 0.3 is 0 Å². The number of carbonyl (C=O) groups excluding carboxylic acids is 1. The number of nitrogens with zero attached hydrogens (tertiary/aromatic N) is 3. The molecule has 0 atom stereocenters. The Kier molecular flexibility index (Phi) is 6.59. The van der Waals surface area contributed by atoms with Gasteiger partial charge in [0.05, 0.1) is 0 Å². The van der Waals surface area contributed by atoms with Crippen LogP contribution in [0.25, 0.3) is 0 Å². The molecular formula is C20H20ClN7O. The molecule has 0 aliphatic carbocycles. The lowest BCUT2D eigenvalue weighted by atomic mass is 10.2. The second-order valence-electron chi connectivity index (χ2n) is 5.87. The molecule has 1 amide bonds. The summed E-state index contributed by atoms with van der Waals surface area (Å²) in [7, 11) is 1.78. The Hall–Kier alpha value is -3.65. The molecule has 0 aliphatic heterocycles. The molecule has 3 rings (SSSR count). The molecule has 0 bridgehead atoms. The summed E-state index contributed by atoms with van der Waals surface area (Å²) in [6.45, 7) is 3.93. The molecule has 0 fully saturated rings. The highest BCUT2D eigenvalue weighted by Gasteiger charge is 2.15. The molecule has 0 saturated heterocycles. The van der Waals surface area contributed by atoms with Crippen LogP contribution in [0.15, 0.2) is 61.3 Å². The lowest BCUT2D eigenvalue weighted by Gasteiger charge is -2.13. The van der Waals surface area contributed by atoms with Crippen molar-refractivity contribution in [3.63, 3.8) is 0 Å². The highest BCUT2D eigenvalue weighted by atomic mass is 35.5. The van der Waals surface area contributed by atoms with E-state index in [2.05, 4.69) is 42.8 Å². The van der Waals surface area contributed by atoms with Crippen LogP contribution in [0.4, 0.5) is 29.1 Å². The third kappa shape index (κ3) is 5.43. The smallest absolute Gasteiger partial charge is 0.256 e. The Labute approximate surface area is 173 Å². The molecule has 2 heterocycles. The molecule has 0 saturated carbocycles. The lowest BCUT2D eigenvalue weighted by molar-refractivity contribution is 0.0958. The van der Waals surface area contributed by atoms with Crippen molar-refractivity contribution in [3.05, 3.63) is 71.9 Å². The van der Waals surface area contributed by atoms with E-state index in [1.54, 1.807) is 43.5 Å². The number of anilines is 5. The van der Waals surface area contributed by atoms with Gasteiger partial charge < -0.3 is 21.3 Å². The molecule has 4 N–H and O–H groups in total. The monoisotopic (exact) mass is 409 g/mol. The van der Waals surface area contributed by atoms with Gasteiger partial charge in [-0.3, -0.25) is 4.79 Å². The average molecular weight is 410 g/mol. The van der Waals surface area contributed by atoms with E-state index in [1.807, 2.05) is 12.1 Å². The molecule has 148 valence electrons. The number of hydrogen-bond acceptors (Lipinski definition) is 7. The summed E-state index contributed by atoms with van der Waals surface area (Å²) in [5.41, 5.74) is 1.05. The van der Waals surface area contributed by atoms with E-state index in [-0.39, 0.29) is 11.5 Å². The number of aromatic nitrogens is 3. The first kappa shape index (κ1) is 20.1. The van der Waals surface area contributed by atoms with Crippen LogP contribution >= 0.6 is 11.6 Å². The minimum atomic E-state index is -0.324. The van der Waals surface area contributed by atoms with Gasteiger partial charge in [-0.25, -0.2) is 9.97 Å². The Morgan fingerprint density at radius 1 is 1.10 bits per heavy atom. The zero-order chi connectivity index (χ0) is 20.6. The number of rotatable bonds is 8. The van der Waals surface area contributed by atoms with Gasteiger partial charge in [0.15, 0.2) is 0 Å². The normalized spacial score (nSPS) is 10.1. The summed E-state index contributed by atoms with van der Waals surface area (Å²) < 4.78 is 0. The average Bonchev–Trinajstić information content (AvgIpc) is 2.74. The maximum atomic E-state index is 12.5. The molecule has 9 heteroatoms. The fraction of sp³-hybridized carbons (Fsp3) is 0.100. The summed E-state index contributed by atoms with van der Waals surface area (Å²) in [5.74, 6) is 1.53. The number of carbonyl (C=O) groups is 1.